The van der Waals surface area contributed by atoms with Gasteiger partial charge in [-0.25, -0.2) is 0 Å². The Bertz CT molecular complexity index is 716. The standard InChI is InChI=1S/C19H22N2O2S/c1-24(23)18-9-7-16(8-10-18)19(22)20-17-11-12-21(14-17)13-15-5-3-2-4-6-15/h2-10,17H,11-14H2,1H3,(H,20,22)/t17-,24+/m1/s1. The van der Waals surface area contributed by atoms with Crippen LogP contribution in [-0.2, 0) is 17.3 Å². The van der Waals surface area contributed by atoms with E-state index in [2.05, 4.69) is 34.5 Å². The number of nitrogens with zero attached hydrogens (tertiary/aromatic N) is 1. The number of hydrogen-bond donors (Lipinski definition) is 1. The summed E-state index contributed by atoms with van der Waals surface area (Å²) in [4.78, 5) is 15.4. The number of hydrogen-bond acceptors (Lipinski definition) is 3. The normalized spacial score (nSPS) is 19.1. The smallest absolute Gasteiger partial charge is 0.251 e. The molecule has 1 aliphatic rings. The summed E-state index contributed by atoms with van der Waals surface area (Å²) in [6.07, 6.45) is 2.60. The summed E-state index contributed by atoms with van der Waals surface area (Å²) in [5.41, 5.74) is 1.92. The van der Waals surface area contributed by atoms with Gasteiger partial charge in [0.25, 0.3) is 5.91 Å². The van der Waals surface area contributed by atoms with Crippen LogP contribution < -0.4 is 5.32 Å². The minimum absolute atomic E-state index is 0.0602. The minimum Gasteiger partial charge on any atom is -0.348 e. The molecular formula is C19H22N2O2S. The van der Waals surface area contributed by atoms with E-state index in [1.165, 1.54) is 5.56 Å². The van der Waals surface area contributed by atoms with Crippen molar-refractivity contribution in [1.29, 1.82) is 0 Å². The Kier molecular flexibility index (Phi) is 5.43. The summed E-state index contributed by atoms with van der Waals surface area (Å²) in [5, 5.41) is 3.10. The average Bonchev–Trinajstić information content (AvgIpc) is 3.02. The molecule has 4 nitrogen and oxygen atoms in total. The summed E-state index contributed by atoms with van der Waals surface area (Å²) in [6.45, 7) is 2.79. The maximum absolute atomic E-state index is 12.3. The van der Waals surface area contributed by atoms with Crippen LogP contribution in [0, 0.1) is 0 Å². The van der Waals surface area contributed by atoms with Gasteiger partial charge in [-0.2, -0.15) is 0 Å². The van der Waals surface area contributed by atoms with Gasteiger partial charge in [0.1, 0.15) is 0 Å². The molecule has 0 spiro atoms. The molecule has 0 radical (unpaired) electrons. The second-order valence-corrected chi connectivity index (χ2v) is 7.54. The third-order valence-corrected chi connectivity index (χ3v) is 5.24. The van der Waals surface area contributed by atoms with Crippen LogP contribution in [0.15, 0.2) is 59.5 Å². The van der Waals surface area contributed by atoms with Gasteiger partial charge < -0.3 is 5.32 Å². The van der Waals surface area contributed by atoms with E-state index >= 15 is 0 Å². The Balaban J connectivity index is 1.53. The first-order valence-corrected chi connectivity index (χ1v) is 9.68. The maximum atomic E-state index is 12.3. The predicted molar refractivity (Wildman–Crippen MR) is 96.4 cm³/mol. The molecule has 0 aliphatic carbocycles. The van der Waals surface area contributed by atoms with Gasteiger partial charge in [0.05, 0.1) is 0 Å². The van der Waals surface area contributed by atoms with Crippen molar-refractivity contribution < 1.29 is 9.00 Å². The zero-order chi connectivity index (χ0) is 16.9. The molecule has 0 saturated carbocycles. The van der Waals surface area contributed by atoms with Crippen LogP contribution in [0.2, 0.25) is 0 Å². The molecule has 1 amide bonds. The fraction of sp³-hybridized carbons (Fsp3) is 0.316. The van der Waals surface area contributed by atoms with Crippen LogP contribution in [-0.4, -0.2) is 40.4 Å². The van der Waals surface area contributed by atoms with E-state index in [0.717, 1.165) is 31.0 Å². The van der Waals surface area contributed by atoms with Crippen molar-refractivity contribution in [3.05, 3.63) is 65.7 Å². The number of rotatable bonds is 5. The fourth-order valence-electron chi connectivity index (χ4n) is 3.00. The van der Waals surface area contributed by atoms with Gasteiger partial charge in [-0.1, -0.05) is 30.3 Å². The zero-order valence-corrected chi connectivity index (χ0v) is 14.6. The summed E-state index contributed by atoms with van der Waals surface area (Å²) >= 11 is 0. The molecule has 1 N–H and O–H groups in total. The van der Waals surface area contributed by atoms with Gasteiger partial charge >= 0.3 is 0 Å². The molecule has 1 heterocycles. The number of nitrogens with one attached hydrogen (secondary N) is 1. The molecule has 126 valence electrons. The lowest BCUT2D eigenvalue weighted by Crippen LogP contribution is -2.36. The van der Waals surface area contributed by atoms with Crippen molar-refractivity contribution in [2.75, 3.05) is 19.3 Å². The van der Waals surface area contributed by atoms with Gasteiger partial charge in [0.2, 0.25) is 0 Å². The highest BCUT2D eigenvalue weighted by atomic mass is 32.2. The first-order valence-electron chi connectivity index (χ1n) is 8.12. The molecule has 1 aliphatic heterocycles. The molecule has 24 heavy (non-hydrogen) atoms. The monoisotopic (exact) mass is 342 g/mol. The topological polar surface area (TPSA) is 49.4 Å². The van der Waals surface area contributed by atoms with Crippen LogP contribution in [0.4, 0.5) is 0 Å². The Labute approximate surface area is 145 Å². The summed E-state index contributed by atoms with van der Waals surface area (Å²) in [5.74, 6) is -0.0602. The van der Waals surface area contributed by atoms with Crippen molar-refractivity contribution in [1.82, 2.24) is 10.2 Å². The summed E-state index contributed by atoms with van der Waals surface area (Å²) < 4.78 is 11.4. The number of carbonyl (C=O) groups excluding carboxylic acids is 1. The predicted octanol–water partition coefficient (Wildman–Crippen LogP) is 2.43. The molecule has 2 aromatic carbocycles. The van der Waals surface area contributed by atoms with E-state index in [1.54, 1.807) is 30.5 Å². The Morgan fingerprint density at radius 1 is 1.17 bits per heavy atom. The van der Waals surface area contributed by atoms with Gasteiger partial charge in [0, 0.05) is 53.2 Å². The molecule has 0 unspecified atom stereocenters. The highest BCUT2D eigenvalue weighted by Crippen LogP contribution is 2.14. The maximum Gasteiger partial charge on any atom is 0.251 e. The van der Waals surface area contributed by atoms with Crippen LogP contribution >= 0.6 is 0 Å². The van der Waals surface area contributed by atoms with Gasteiger partial charge in [-0.3, -0.25) is 13.9 Å². The Morgan fingerprint density at radius 3 is 2.54 bits per heavy atom. The first kappa shape index (κ1) is 16.9. The molecule has 0 aromatic heterocycles. The van der Waals surface area contributed by atoms with Crippen molar-refractivity contribution in [2.45, 2.75) is 23.9 Å². The quantitative estimate of drug-likeness (QED) is 0.908. The van der Waals surface area contributed by atoms with Crippen LogP contribution in [0.25, 0.3) is 0 Å². The Morgan fingerprint density at radius 2 is 1.88 bits per heavy atom. The zero-order valence-electron chi connectivity index (χ0n) is 13.8. The average molecular weight is 342 g/mol. The molecular weight excluding hydrogens is 320 g/mol. The van der Waals surface area contributed by atoms with Crippen LogP contribution in [0.3, 0.4) is 0 Å². The highest BCUT2D eigenvalue weighted by Gasteiger charge is 2.24. The second kappa shape index (κ2) is 7.73. The summed E-state index contributed by atoms with van der Waals surface area (Å²) in [7, 11) is -1.02. The van der Waals surface area contributed by atoms with Gasteiger partial charge in [-0.15, -0.1) is 0 Å². The van der Waals surface area contributed by atoms with Crippen molar-refractivity contribution in [2.24, 2.45) is 0 Å². The highest BCUT2D eigenvalue weighted by molar-refractivity contribution is 7.84. The van der Waals surface area contributed by atoms with E-state index in [4.69, 9.17) is 0 Å². The van der Waals surface area contributed by atoms with E-state index in [1.807, 2.05) is 6.07 Å². The third-order valence-electron chi connectivity index (χ3n) is 4.31. The lowest BCUT2D eigenvalue weighted by molar-refractivity contribution is 0.0937. The van der Waals surface area contributed by atoms with Crippen LogP contribution in [0.1, 0.15) is 22.3 Å². The molecule has 2 atom stereocenters. The molecule has 2 aromatic rings. The SMILES string of the molecule is C[S@](=O)c1ccc(C(=O)N[C@@H]2CCN(Cc3ccccc3)C2)cc1. The minimum atomic E-state index is -1.02. The largest absolute Gasteiger partial charge is 0.348 e. The van der Waals surface area contributed by atoms with Crippen LogP contribution in [0.5, 0.6) is 0 Å². The Hall–Kier alpha value is -1.98. The number of amides is 1. The van der Waals surface area contributed by atoms with E-state index in [0.29, 0.717) is 5.56 Å². The van der Waals surface area contributed by atoms with Crippen molar-refractivity contribution in [3.63, 3.8) is 0 Å². The molecule has 1 fully saturated rings. The molecule has 0 bridgehead atoms. The number of carbonyl (C=O) groups is 1. The van der Waals surface area contributed by atoms with Crippen molar-refractivity contribution >= 4 is 16.7 Å². The second-order valence-electron chi connectivity index (χ2n) is 6.16. The van der Waals surface area contributed by atoms with Gasteiger partial charge in [0.15, 0.2) is 0 Å². The molecule has 5 heteroatoms. The van der Waals surface area contributed by atoms with Crippen molar-refractivity contribution in [3.8, 4) is 0 Å². The van der Waals surface area contributed by atoms with E-state index < -0.39 is 10.8 Å². The van der Waals surface area contributed by atoms with Gasteiger partial charge in [-0.05, 0) is 36.2 Å². The molecule has 3 rings (SSSR count). The van der Waals surface area contributed by atoms with E-state index in [9.17, 15) is 9.00 Å². The fourth-order valence-corrected chi connectivity index (χ4v) is 3.52. The van der Waals surface area contributed by atoms with E-state index in [-0.39, 0.29) is 11.9 Å². The third kappa shape index (κ3) is 4.30. The summed E-state index contributed by atoms with van der Waals surface area (Å²) in [6, 6.07) is 17.6. The number of likely N-dealkylation sites (tertiary alicyclic amines) is 1. The first-order chi connectivity index (χ1) is 11.6. The lowest BCUT2D eigenvalue weighted by atomic mass is 10.2. The molecule has 1 saturated heterocycles. The number of benzene rings is 2. The lowest BCUT2D eigenvalue weighted by Gasteiger charge is -2.17.